The minimum atomic E-state index is -0.0959. The van der Waals surface area contributed by atoms with Crippen molar-refractivity contribution in [3.05, 3.63) is 35.3 Å². The molecular formula is C18H27N5O. The van der Waals surface area contributed by atoms with Crippen molar-refractivity contribution in [1.29, 1.82) is 0 Å². The van der Waals surface area contributed by atoms with Crippen molar-refractivity contribution in [1.82, 2.24) is 19.5 Å². The van der Waals surface area contributed by atoms with Crippen molar-refractivity contribution in [3.63, 3.8) is 0 Å². The molecule has 1 aliphatic heterocycles. The maximum Gasteiger partial charge on any atom is 0.136 e. The molecule has 0 amide bonds. The zero-order valence-electron chi connectivity index (χ0n) is 15.3. The third kappa shape index (κ3) is 3.75. The van der Waals surface area contributed by atoms with Gasteiger partial charge >= 0.3 is 0 Å². The van der Waals surface area contributed by atoms with Crippen LogP contribution in [-0.2, 0) is 29.7 Å². The fourth-order valence-corrected chi connectivity index (χ4v) is 3.04. The van der Waals surface area contributed by atoms with E-state index in [1.54, 1.807) is 7.11 Å². The van der Waals surface area contributed by atoms with Crippen LogP contribution < -0.4 is 5.32 Å². The average molecular weight is 329 g/mol. The Kier molecular flexibility index (Phi) is 4.58. The number of nitrogens with zero attached hydrogens (tertiary/aromatic N) is 4. The van der Waals surface area contributed by atoms with Gasteiger partial charge in [-0.1, -0.05) is 20.8 Å². The van der Waals surface area contributed by atoms with Crippen molar-refractivity contribution >= 4 is 5.82 Å². The standard InChI is InChI=1S/C18H27N5O/c1-12-9-23-10-13(6-7-16(23)19-12)20-15-8-14(11-24-5)21-17(22-15)18(2,3)4/h8-9,13H,6-7,10-11H2,1-5H3,(H,20,21,22). The van der Waals surface area contributed by atoms with Gasteiger partial charge in [0.25, 0.3) is 0 Å². The summed E-state index contributed by atoms with van der Waals surface area (Å²) >= 11 is 0. The van der Waals surface area contributed by atoms with Gasteiger partial charge in [-0.05, 0) is 13.3 Å². The molecule has 1 aliphatic rings. The van der Waals surface area contributed by atoms with E-state index < -0.39 is 0 Å². The summed E-state index contributed by atoms with van der Waals surface area (Å²) in [5, 5.41) is 3.59. The molecular weight excluding hydrogens is 302 g/mol. The second-order valence-electron chi connectivity index (χ2n) is 7.58. The van der Waals surface area contributed by atoms with Gasteiger partial charge in [0.1, 0.15) is 17.5 Å². The highest BCUT2D eigenvalue weighted by atomic mass is 16.5. The van der Waals surface area contributed by atoms with Gasteiger partial charge in [0.05, 0.1) is 18.0 Å². The summed E-state index contributed by atoms with van der Waals surface area (Å²) < 4.78 is 7.51. The first-order valence-electron chi connectivity index (χ1n) is 8.51. The lowest BCUT2D eigenvalue weighted by molar-refractivity contribution is 0.181. The van der Waals surface area contributed by atoms with Gasteiger partial charge in [-0.15, -0.1) is 0 Å². The molecule has 3 heterocycles. The number of ether oxygens (including phenoxy) is 1. The maximum absolute atomic E-state index is 5.26. The molecule has 0 radical (unpaired) electrons. The van der Waals surface area contributed by atoms with E-state index in [4.69, 9.17) is 9.72 Å². The molecule has 0 saturated heterocycles. The molecule has 1 unspecified atom stereocenters. The predicted molar refractivity (Wildman–Crippen MR) is 94.1 cm³/mol. The van der Waals surface area contributed by atoms with Gasteiger partial charge in [-0.25, -0.2) is 15.0 Å². The summed E-state index contributed by atoms with van der Waals surface area (Å²) in [4.78, 5) is 13.9. The van der Waals surface area contributed by atoms with E-state index >= 15 is 0 Å². The molecule has 0 fully saturated rings. The minimum absolute atomic E-state index is 0.0959. The Labute approximate surface area is 143 Å². The summed E-state index contributed by atoms with van der Waals surface area (Å²) in [6.45, 7) is 9.85. The topological polar surface area (TPSA) is 64.9 Å². The van der Waals surface area contributed by atoms with E-state index in [1.165, 1.54) is 5.82 Å². The fourth-order valence-electron chi connectivity index (χ4n) is 3.04. The quantitative estimate of drug-likeness (QED) is 0.934. The van der Waals surface area contributed by atoms with E-state index in [-0.39, 0.29) is 5.41 Å². The number of hydrogen-bond acceptors (Lipinski definition) is 5. The van der Waals surface area contributed by atoms with E-state index in [0.29, 0.717) is 12.6 Å². The predicted octanol–water partition coefficient (Wildman–Crippen LogP) is 2.85. The van der Waals surface area contributed by atoms with E-state index in [9.17, 15) is 0 Å². The first-order chi connectivity index (χ1) is 11.3. The van der Waals surface area contributed by atoms with Gasteiger partial charge in [-0.2, -0.15) is 0 Å². The highest BCUT2D eigenvalue weighted by Gasteiger charge is 2.22. The smallest absolute Gasteiger partial charge is 0.136 e. The molecule has 24 heavy (non-hydrogen) atoms. The summed E-state index contributed by atoms with van der Waals surface area (Å²) in [5.41, 5.74) is 1.90. The number of aromatic nitrogens is 4. The Morgan fingerprint density at radius 3 is 2.79 bits per heavy atom. The second-order valence-corrected chi connectivity index (χ2v) is 7.58. The lowest BCUT2D eigenvalue weighted by Gasteiger charge is -2.26. The van der Waals surface area contributed by atoms with Crippen molar-refractivity contribution in [2.24, 2.45) is 0 Å². The van der Waals surface area contributed by atoms with Crippen LogP contribution in [0.3, 0.4) is 0 Å². The van der Waals surface area contributed by atoms with Crippen LogP contribution >= 0.6 is 0 Å². The third-order valence-electron chi connectivity index (χ3n) is 4.21. The lowest BCUT2D eigenvalue weighted by atomic mass is 9.95. The van der Waals surface area contributed by atoms with Gasteiger partial charge in [-0.3, -0.25) is 0 Å². The Morgan fingerprint density at radius 2 is 2.08 bits per heavy atom. The van der Waals surface area contributed by atoms with Crippen LogP contribution in [0.1, 0.15) is 50.2 Å². The molecule has 2 aromatic heterocycles. The van der Waals surface area contributed by atoms with Crippen LogP contribution in [-0.4, -0.2) is 32.7 Å². The zero-order valence-corrected chi connectivity index (χ0v) is 15.3. The normalized spacial score (nSPS) is 17.6. The van der Waals surface area contributed by atoms with Crippen molar-refractivity contribution in [2.45, 2.75) is 65.1 Å². The monoisotopic (exact) mass is 329 g/mol. The Bertz CT molecular complexity index is 717. The van der Waals surface area contributed by atoms with Crippen LogP contribution in [0, 0.1) is 6.92 Å². The highest BCUT2D eigenvalue weighted by molar-refractivity contribution is 5.38. The summed E-state index contributed by atoms with van der Waals surface area (Å²) in [7, 11) is 1.69. The molecule has 6 nitrogen and oxygen atoms in total. The molecule has 1 N–H and O–H groups in total. The van der Waals surface area contributed by atoms with Crippen molar-refractivity contribution in [3.8, 4) is 0 Å². The number of rotatable bonds is 4. The molecule has 130 valence electrons. The average Bonchev–Trinajstić information content (AvgIpc) is 2.86. The largest absolute Gasteiger partial charge is 0.378 e. The van der Waals surface area contributed by atoms with Crippen molar-refractivity contribution < 1.29 is 4.74 Å². The molecule has 1 atom stereocenters. The SMILES string of the molecule is COCc1cc(NC2CCc3nc(C)cn3C2)nc(C(C)(C)C)n1. The molecule has 6 heteroatoms. The Balaban J connectivity index is 1.80. The molecule has 0 aromatic carbocycles. The van der Waals surface area contributed by atoms with Gasteiger partial charge in [0.2, 0.25) is 0 Å². The number of nitrogens with one attached hydrogen (secondary N) is 1. The Morgan fingerprint density at radius 1 is 1.29 bits per heavy atom. The number of hydrogen-bond donors (Lipinski definition) is 1. The van der Waals surface area contributed by atoms with E-state index in [2.05, 4.69) is 46.8 Å². The molecule has 2 aromatic rings. The molecule has 0 saturated carbocycles. The number of fused-ring (bicyclic) bond motifs is 1. The van der Waals surface area contributed by atoms with E-state index in [0.717, 1.165) is 42.4 Å². The van der Waals surface area contributed by atoms with Crippen LogP contribution in [0.4, 0.5) is 5.82 Å². The minimum Gasteiger partial charge on any atom is -0.378 e. The second kappa shape index (κ2) is 6.51. The van der Waals surface area contributed by atoms with Crippen LogP contribution in [0.15, 0.2) is 12.3 Å². The number of imidazole rings is 1. The number of methoxy groups -OCH3 is 1. The first kappa shape index (κ1) is 16.9. The Hall–Kier alpha value is -1.95. The third-order valence-corrected chi connectivity index (χ3v) is 4.21. The van der Waals surface area contributed by atoms with Crippen LogP contribution in [0.2, 0.25) is 0 Å². The first-order valence-corrected chi connectivity index (χ1v) is 8.51. The maximum atomic E-state index is 5.26. The molecule has 0 aliphatic carbocycles. The number of aryl methyl sites for hydroxylation is 2. The lowest BCUT2D eigenvalue weighted by Crippen LogP contribution is -2.32. The molecule has 0 spiro atoms. The van der Waals surface area contributed by atoms with E-state index in [1.807, 2.05) is 13.0 Å². The van der Waals surface area contributed by atoms with Crippen LogP contribution in [0.5, 0.6) is 0 Å². The zero-order chi connectivity index (χ0) is 17.3. The summed E-state index contributed by atoms with van der Waals surface area (Å²) in [6, 6.07) is 2.34. The van der Waals surface area contributed by atoms with Gasteiger partial charge < -0.3 is 14.6 Å². The number of anilines is 1. The summed E-state index contributed by atoms with van der Waals surface area (Å²) in [5.74, 6) is 2.91. The fraction of sp³-hybridized carbons (Fsp3) is 0.611. The van der Waals surface area contributed by atoms with Gasteiger partial charge in [0, 0.05) is 43.8 Å². The van der Waals surface area contributed by atoms with Crippen LogP contribution in [0.25, 0.3) is 0 Å². The highest BCUT2D eigenvalue weighted by Crippen LogP contribution is 2.23. The van der Waals surface area contributed by atoms with Crippen molar-refractivity contribution in [2.75, 3.05) is 12.4 Å². The molecule has 0 bridgehead atoms. The molecule has 3 rings (SSSR count). The van der Waals surface area contributed by atoms with Gasteiger partial charge in [0.15, 0.2) is 0 Å². The summed E-state index contributed by atoms with van der Waals surface area (Å²) in [6.07, 6.45) is 4.18.